The van der Waals surface area contributed by atoms with Gasteiger partial charge in [-0.3, -0.25) is 4.79 Å². The first kappa shape index (κ1) is 16.5. The van der Waals surface area contributed by atoms with E-state index in [9.17, 15) is 9.18 Å². The Kier molecular flexibility index (Phi) is 4.55. The van der Waals surface area contributed by atoms with Crippen molar-refractivity contribution in [2.24, 2.45) is 0 Å². The van der Waals surface area contributed by atoms with Crippen molar-refractivity contribution in [2.45, 2.75) is 6.54 Å². The van der Waals surface area contributed by atoms with Crippen LogP contribution in [0.15, 0.2) is 53.5 Å². The summed E-state index contributed by atoms with van der Waals surface area (Å²) in [5.41, 5.74) is 6.39. The molecule has 0 spiro atoms. The molecule has 24 heavy (non-hydrogen) atoms. The van der Waals surface area contributed by atoms with Crippen LogP contribution < -0.4 is 11.3 Å². The number of hydrogen-bond acceptors (Lipinski definition) is 3. The summed E-state index contributed by atoms with van der Waals surface area (Å²) >= 11 is 11.9. The van der Waals surface area contributed by atoms with Gasteiger partial charge in [0.05, 0.1) is 17.8 Å². The second kappa shape index (κ2) is 6.63. The quantitative estimate of drug-likeness (QED) is 0.715. The van der Waals surface area contributed by atoms with Crippen LogP contribution >= 0.6 is 23.2 Å². The van der Waals surface area contributed by atoms with E-state index in [4.69, 9.17) is 28.9 Å². The molecule has 3 aromatic rings. The SMILES string of the molecule is Nc1ccc(Cl)c(F)c1-c1cnn(Cc2ccccc2)c(=O)c1Cl. The highest BCUT2D eigenvalue weighted by molar-refractivity contribution is 6.34. The van der Waals surface area contributed by atoms with Crippen molar-refractivity contribution in [3.63, 3.8) is 0 Å². The largest absolute Gasteiger partial charge is 0.398 e. The summed E-state index contributed by atoms with van der Waals surface area (Å²) in [6, 6.07) is 12.1. The second-order valence-corrected chi connectivity index (χ2v) is 5.93. The van der Waals surface area contributed by atoms with E-state index in [0.29, 0.717) is 0 Å². The van der Waals surface area contributed by atoms with Crippen molar-refractivity contribution in [2.75, 3.05) is 5.73 Å². The van der Waals surface area contributed by atoms with Gasteiger partial charge in [-0.25, -0.2) is 9.07 Å². The number of nitrogens with zero attached hydrogens (tertiary/aromatic N) is 2. The summed E-state index contributed by atoms with van der Waals surface area (Å²) in [6.07, 6.45) is 1.32. The molecule has 0 saturated heterocycles. The fraction of sp³-hybridized carbons (Fsp3) is 0.0588. The molecule has 2 aromatic carbocycles. The Balaban J connectivity index is 2.09. The van der Waals surface area contributed by atoms with E-state index < -0.39 is 11.4 Å². The first-order chi connectivity index (χ1) is 11.5. The van der Waals surface area contributed by atoms with E-state index in [1.807, 2.05) is 30.3 Å². The molecule has 0 aliphatic rings. The minimum absolute atomic E-state index is 0.0241. The fourth-order valence-electron chi connectivity index (χ4n) is 2.35. The summed E-state index contributed by atoms with van der Waals surface area (Å²) in [7, 11) is 0. The van der Waals surface area contributed by atoms with Gasteiger partial charge in [-0.2, -0.15) is 5.10 Å². The van der Waals surface area contributed by atoms with Gasteiger partial charge in [-0.05, 0) is 17.7 Å². The topological polar surface area (TPSA) is 60.9 Å². The van der Waals surface area contributed by atoms with Crippen molar-refractivity contribution < 1.29 is 4.39 Å². The Morgan fingerprint density at radius 1 is 1.12 bits per heavy atom. The lowest BCUT2D eigenvalue weighted by Crippen LogP contribution is -2.24. The normalized spacial score (nSPS) is 10.8. The molecule has 0 atom stereocenters. The highest BCUT2D eigenvalue weighted by Crippen LogP contribution is 2.35. The standard InChI is InChI=1S/C17H12Cl2FN3O/c18-12-6-7-13(21)14(16(12)20)11-8-22-23(17(24)15(11)19)9-10-4-2-1-3-5-10/h1-8H,9,21H2. The summed E-state index contributed by atoms with van der Waals surface area (Å²) in [6.45, 7) is 0.257. The minimum atomic E-state index is -0.736. The van der Waals surface area contributed by atoms with Gasteiger partial charge in [0, 0.05) is 16.8 Å². The summed E-state index contributed by atoms with van der Waals surface area (Å²) < 4.78 is 15.5. The molecule has 0 radical (unpaired) electrons. The van der Waals surface area contributed by atoms with Crippen LogP contribution in [0.3, 0.4) is 0 Å². The summed E-state index contributed by atoms with van der Waals surface area (Å²) in [5.74, 6) is -0.736. The molecule has 4 nitrogen and oxygen atoms in total. The minimum Gasteiger partial charge on any atom is -0.398 e. The van der Waals surface area contributed by atoms with Gasteiger partial charge in [0.15, 0.2) is 5.82 Å². The van der Waals surface area contributed by atoms with E-state index in [0.717, 1.165) is 5.56 Å². The number of nitrogens with two attached hydrogens (primary N) is 1. The maximum Gasteiger partial charge on any atom is 0.286 e. The maximum absolute atomic E-state index is 14.3. The smallest absolute Gasteiger partial charge is 0.286 e. The van der Waals surface area contributed by atoms with E-state index in [1.54, 1.807) is 0 Å². The van der Waals surface area contributed by atoms with Gasteiger partial charge in [0.1, 0.15) is 5.02 Å². The predicted molar refractivity (Wildman–Crippen MR) is 93.9 cm³/mol. The van der Waals surface area contributed by atoms with E-state index in [1.165, 1.54) is 23.0 Å². The Hall–Kier alpha value is -2.37. The van der Waals surface area contributed by atoms with Crippen LogP contribution in [0.5, 0.6) is 0 Å². The average molecular weight is 364 g/mol. The number of hydrogen-bond donors (Lipinski definition) is 1. The third-order valence-electron chi connectivity index (χ3n) is 3.56. The van der Waals surface area contributed by atoms with Gasteiger partial charge in [0.25, 0.3) is 5.56 Å². The molecule has 0 aliphatic heterocycles. The lowest BCUT2D eigenvalue weighted by atomic mass is 10.1. The average Bonchev–Trinajstić information content (AvgIpc) is 2.58. The molecular formula is C17H12Cl2FN3O. The first-order valence-electron chi connectivity index (χ1n) is 7.02. The molecule has 0 aliphatic carbocycles. The molecule has 0 fully saturated rings. The number of benzene rings is 2. The zero-order valence-corrected chi connectivity index (χ0v) is 13.9. The van der Waals surface area contributed by atoms with Gasteiger partial charge in [-0.1, -0.05) is 53.5 Å². The van der Waals surface area contributed by atoms with Gasteiger partial charge >= 0.3 is 0 Å². The highest BCUT2D eigenvalue weighted by atomic mass is 35.5. The Labute approximate surface area is 147 Å². The second-order valence-electron chi connectivity index (χ2n) is 5.15. The van der Waals surface area contributed by atoms with Crippen molar-refractivity contribution in [1.82, 2.24) is 9.78 Å². The van der Waals surface area contributed by atoms with Gasteiger partial charge in [0.2, 0.25) is 0 Å². The van der Waals surface area contributed by atoms with Crippen molar-refractivity contribution in [3.8, 4) is 11.1 Å². The summed E-state index contributed by atoms with van der Waals surface area (Å²) in [5, 5.41) is 3.81. The number of rotatable bonds is 3. The zero-order valence-electron chi connectivity index (χ0n) is 12.3. The summed E-state index contributed by atoms with van der Waals surface area (Å²) in [4.78, 5) is 12.4. The Bertz CT molecular complexity index is 958. The zero-order chi connectivity index (χ0) is 17.3. The number of halogens is 3. The molecule has 1 aromatic heterocycles. The molecule has 2 N–H and O–H groups in total. The van der Waals surface area contributed by atoms with Crippen LogP contribution in [0.1, 0.15) is 5.56 Å². The molecule has 0 saturated carbocycles. The molecule has 0 unspecified atom stereocenters. The lowest BCUT2D eigenvalue weighted by molar-refractivity contribution is 0.627. The third-order valence-corrected chi connectivity index (χ3v) is 4.21. The van der Waals surface area contributed by atoms with Crippen molar-refractivity contribution in [1.29, 1.82) is 0 Å². The number of nitrogen functional groups attached to an aromatic ring is 1. The van der Waals surface area contributed by atoms with Gasteiger partial charge < -0.3 is 5.73 Å². The molecule has 0 amide bonds. The highest BCUT2D eigenvalue weighted by Gasteiger charge is 2.19. The molecule has 122 valence electrons. The molecular weight excluding hydrogens is 352 g/mol. The molecule has 3 rings (SSSR count). The van der Waals surface area contributed by atoms with E-state index in [-0.39, 0.29) is 33.4 Å². The number of anilines is 1. The van der Waals surface area contributed by atoms with E-state index in [2.05, 4.69) is 5.10 Å². The molecule has 1 heterocycles. The Morgan fingerprint density at radius 2 is 1.83 bits per heavy atom. The fourth-order valence-corrected chi connectivity index (χ4v) is 2.75. The lowest BCUT2D eigenvalue weighted by Gasteiger charge is -2.12. The first-order valence-corrected chi connectivity index (χ1v) is 7.78. The van der Waals surface area contributed by atoms with Crippen LogP contribution in [0, 0.1) is 5.82 Å². The third kappa shape index (κ3) is 3.00. The van der Waals surface area contributed by atoms with E-state index >= 15 is 0 Å². The van der Waals surface area contributed by atoms with Crippen LogP contribution in [0.2, 0.25) is 10.0 Å². The monoisotopic (exact) mass is 363 g/mol. The van der Waals surface area contributed by atoms with Crippen LogP contribution in [0.25, 0.3) is 11.1 Å². The molecule has 0 bridgehead atoms. The van der Waals surface area contributed by atoms with Crippen molar-refractivity contribution in [3.05, 3.63) is 80.4 Å². The van der Waals surface area contributed by atoms with Crippen molar-refractivity contribution >= 4 is 28.9 Å². The predicted octanol–water partition coefficient (Wildman–Crippen LogP) is 3.99. The van der Waals surface area contributed by atoms with Crippen LogP contribution in [0.4, 0.5) is 10.1 Å². The van der Waals surface area contributed by atoms with Crippen LogP contribution in [-0.4, -0.2) is 9.78 Å². The van der Waals surface area contributed by atoms with Gasteiger partial charge in [-0.15, -0.1) is 0 Å². The molecule has 7 heteroatoms. The Morgan fingerprint density at radius 3 is 2.54 bits per heavy atom. The number of aromatic nitrogens is 2. The maximum atomic E-state index is 14.3. The van der Waals surface area contributed by atoms with Crippen LogP contribution in [-0.2, 0) is 6.54 Å².